The number of methoxy groups -OCH3 is 2. The van der Waals surface area contributed by atoms with Gasteiger partial charge in [0.2, 0.25) is 5.91 Å². The number of carbonyl (C=O) groups excluding carboxylic acids is 1. The Morgan fingerprint density at radius 1 is 1.12 bits per heavy atom. The summed E-state index contributed by atoms with van der Waals surface area (Å²) in [5.74, 6) is 1.07. The van der Waals surface area contributed by atoms with Crippen LogP contribution in [0.5, 0.6) is 11.5 Å². The first-order valence-electron chi connectivity index (χ1n) is 7.38. The molecule has 0 unspecified atom stereocenters. The largest absolute Gasteiger partial charge is 0.493 e. The molecular weight excluding hydrogens is 328 g/mol. The molecule has 6 heteroatoms. The third-order valence-corrected chi connectivity index (χ3v) is 3.98. The second kappa shape index (κ2) is 6.84. The van der Waals surface area contributed by atoms with E-state index in [1.54, 1.807) is 32.4 Å². The molecule has 3 aromatic rings. The molecule has 0 spiro atoms. The van der Waals surface area contributed by atoms with Crippen molar-refractivity contribution in [3.05, 3.63) is 53.2 Å². The van der Waals surface area contributed by atoms with Crippen LogP contribution in [0.3, 0.4) is 0 Å². The van der Waals surface area contributed by atoms with E-state index in [9.17, 15) is 4.79 Å². The van der Waals surface area contributed by atoms with Gasteiger partial charge in [-0.1, -0.05) is 17.7 Å². The highest BCUT2D eigenvalue weighted by atomic mass is 35.5. The Labute approximate surface area is 144 Å². The third-order valence-electron chi connectivity index (χ3n) is 3.75. The Balaban J connectivity index is 1.75. The summed E-state index contributed by atoms with van der Waals surface area (Å²) in [5, 5.41) is 4.51. The van der Waals surface area contributed by atoms with E-state index >= 15 is 0 Å². The van der Waals surface area contributed by atoms with Crippen molar-refractivity contribution in [3.63, 3.8) is 0 Å². The maximum absolute atomic E-state index is 12.3. The van der Waals surface area contributed by atoms with Crippen molar-refractivity contribution in [2.75, 3.05) is 19.5 Å². The molecule has 0 bridgehead atoms. The van der Waals surface area contributed by atoms with Gasteiger partial charge < -0.3 is 19.8 Å². The van der Waals surface area contributed by atoms with Crippen molar-refractivity contribution in [2.45, 2.75) is 6.42 Å². The predicted octanol–water partition coefficient (Wildman–Crippen LogP) is 4.02. The van der Waals surface area contributed by atoms with Crippen molar-refractivity contribution < 1.29 is 14.3 Å². The lowest BCUT2D eigenvalue weighted by molar-refractivity contribution is -0.115. The predicted molar refractivity (Wildman–Crippen MR) is 95.2 cm³/mol. The highest BCUT2D eigenvalue weighted by Gasteiger charge is 2.11. The number of H-pyrrole nitrogens is 1. The number of hydrogen-bond donors (Lipinski definition) is 2. The minimum atomic E-state index is -0.113. The molecule has 24 heavy (non-hydrogen) atoms. The highest BCUT2D eigenvalue weighted by Crippen LogP contribution is 2.30. The summed E-state index contributed by atoms with van der Waals surface area (Å²) in [7, 11) is 3.12. The monoisotopic (exact) mass is 344 g/mol. The van der Waals surface area contributed by atoms with Crippen LogP contribution in [-0.2, 0) is 11.2 Å². The van der Waals surface area contributed by atoms with Crippen LogP contribution in [0.15, 0.2) is 42.6 Å². The van der Waals surface area contributed by atoms with Gasteiger partial charge in [-0.15, -0.1) is 0 Å². The molecule has 3 rings (SSSR count). The average Bonchev–Trinajstić information content (AvgIpc) is 2.96. The summed E-state index contributed by atoms with van der Waals surface area (Å²) in [6, 6.07) is 10.8. The topological polar surface area (TPSA) is 63.3 Å². The minimum Gasteiger partial charge on any atom is -0.493 e. The van der Waals surface area contributed by atoms with Gasteiger partial charge in [-0.3, -0.25) is 4.79 Å². The lowest BCUT2D eigenvalue weighted by Crippen LogP contribution is -2.14. The van der Waals surface area contributed by atoms with Crippen LogP contribution in [0.2, 0.25) is 5.02 Å². The number of amides is 1. The maximum Gasteiger partial charge on any atom is 0.228 e. The Bertz CT molecular complexity index is 889. The molecule has 0 radical (unpaired) electrons. The van der Waals surface area contributed by atoms with E-state index in [0.29, 0.717) is 22.2 Å². The summed E-state index contributed by atoms with van der Waals surface area (Å²) in [6.07, 6.45) is 2.09. The van der Waals surface area contributed by atoms with Crippen LogP contribution >= 0.6 is 11.6 Å². The van der Waals surface area contributed by atoms with Crippen LogP contribution in [0.1, 0.15) is 5.56 Å². The van der Waals surface area contributed by atoms with Crippen LogP contribution in [0.4, 0.5) is 5.69 Å². The van der Waals surface area contributed by atoms with Gasteiger partial charge in [-0.05, 0) is 29.8 Å². The third kappa shape index (κ3) is 3.31. The van der Waals surface area contributed by atoms with E-state index in [0.717, 1.165) is 16.5 Å². The molecule has 2 aromatic carbocycles. The summed E-state index contributed by atoms with van der Waals surface area (Å²) in [5.41, 5.74) is 2.48. The first-order chi connectivity index (χ1) is 11.6. The SMILES string of the molecule is COc1ccc(NC(=O)Cc2c[nH]c3cc(Cl)ccc23)cc1OC. The number of halogens is 1. The number of rotatable bonds is 5. The van der Waals surface area contributed by atoms with Gasteiger partial charge in [0.25, 0.3) is 0 Å². The molecule has 0 saturated heterocycles. The normalized spacial score (nSPS) is 10.6. The van der Waals surface area contributed by atoms with E-state index in [-0.39, 0.29) is 12.3 Å². The Hall–Kier alpha value is -2.66. The van der Waals surface area contributed by atoms with Crippen molar-refractivity contribution in [1.82, 2.24) is 4.98 Å². The molecule has 0 atom stereocenters. The summed E-state index contributed by atoms with van der Waals surface area (Å²) in [6.45, 7) is 0. The second-order valence-electron chi connectivity index (χ2n) is 5.30. The van der Waals surface area contributed by atoms with Gasteiger partial charge in [0.05, 0.1) is 20.6 Å². The second-order valence-corrected chi connectivity index (χ2v) is 5.73. The van der Waals surface area contributed by atoms with Gasteiger partial charge in [0.1, 0.15) is 0 Å². The summed E-state index contributed by atoms with van der Waals surface area (Å²) in [4.78, 5) is 15.5. The molecule has 1 aromatic heterocycles. The fourth-order valence-corrected chi connectivity index (χ4v) is 2.77. The van der Waals surface area contributed by atoms with E-state index in [1.807, 2.05) is 24.4 Å². The van der Waals surface area contributed by atoms with Crippen molar-refractivity contribution in [1.29, 1.82) is 0 Å². The number of aromatic nitrogens is 1. The number of benzene rings is 2. The number of fused-ring (bicyclic) bond motifs is 1. The van der Waals surface area contributed by atoms with Gasteiger partial charge in [-0.25, -0.2) is 0 Å². The Kier molecular flexibility index (Phi) is 4.62. The van der Waals surface area contributed by atoms with Crippen LogP contribution in [-0.4, -0.2) is 25.1 Å². The average molecular weight is 345 g/mol. The first kappa shape index (κ1) is 16.2. The number of nitrogens with one attached hydrogen (secondary N) is 2. The zero-order chi connectivity index (χ0) is 17.1. The first-order valence-corrected chi connectivity index (χ1v) is 7.76. The van der Waals surface area contributed by atoms with Crippen LogP contribution < -0.4 is 14.8 Å². The maximum atomic E-state index is 12.3. The molecule has 0 aliphatic heterocycles. The fraction of sp³-hybridized carbons (Fsp3) is 0.167. The van der Waals surface area contributed by atoms with Crippen LogP contribution in [0.25, 0.3) is 10.9 Å². The number of hydrogen-bond acceptors (Lipinski definition) is 3. The van der Waals surface area contributed by atoms with Gasteiger partial charge >= 0.3 is 0 Å². The van der Waals surface area contributed by atoms with E-state index in [4.69, 9.17) is 21.1 Å². The van der Waals surface area contributed by atoms with Gasteiger partial charge in [-0.2, -0.15) is 0 Å². The molecule has 124 valence electrons. The Morgan fingerprint density at radius 2 is 1.92 bits per heavy atom. The highest BCUT2D eigenvalue weighted by molar-refractivity contribution is 6.31. The van der Waals surface area contributed by atoms with E-state index < -0.39 is 0 Å². The lowest BCUT2D eigenvalue weighted by Gasteiger charge is -2.10. The van der Waals surface area contributed by atoms with E-state index in [1.165, 1.54) is 0 Å². The smallest absolute Gasteiger partial charge is 0.228 e. The van der Waals surface area contributed by atoms with Crippen molar-refractivity contribution >= 4 is 34.1 Å². The summed E-state index contributed by atoms with van der Waals surface area (Å²) >= 11 is 5.97. The molecule has 0 saturated carbocycles. The number of ether oxygens (including phenoxy) is 2. The fourth-order valence-electron chi connectivity index (χ4n) is 2.60. The number of aromatic amines is 1. The zero-order valence-electron chi connectivity index (χ0n) is 13.4. The molecular formula is C18H17ClN2O3. The van der Waals surface area contributed by atoms with Gasteiger partial charge in [0, 0.05) is 33.9 Å². The number of anilines is 1. The molecule has 2 N–H and O–H groups in total. The molecule has 1 heterocycles. The minimum absolute atomic E-state index is 0.113. The number of carbonyl (C=O) groups is 1. The van der Waals surface area contributed by atoms with E-state index in [2.05, 4.69) is 10.3 Å². The quantitative estimate of drug-likeness (QED) is 0.734. The summed E-state index contributed by atoms with van der Waals surface area (Å²) < 4.78 is 10.4. The Morgan fingerprint density at radius 3 is 2.67 bits per heavy atom. The molecule has 1 amide bonds. The lowest BCUT2D eigenvalue weighted by atomic mass is 10.1. The molecule has 0 aliphatic rings. The van der Waals surface area contributed by atoms with Crippen LogP contribution in [0, 0.1) is 0 Å². The van der Waals surface area contributed by atoms with Gasteiger partial charge in [0.15, 0.2) is 11.5 Å². The zero-order valence-corrected chi connectivity index (χ0v) is 14.1. The standard InChI is InChI=1S/C18H17ClN2O3/c1-23-16-6-4-13(9-17(16)24-2)21-18(22)7-11-10-20-15-8-12(19)3-5-14(11)15/h3-6,8-10,20H,7H2,1-2H3,(H,21,22). The molecule has 5 nitrogen and oxygen atoms in total. The molecule has 0 aliphatic carbocycles. The molecule has 0 fully saturated rings. The van der Waals surface area contributed by atoms with Crippen molar-refractivity contribution in [2.24, 2.45) is 0 Å². The van der Waals surface area contributed by atoms with Crippen molar-refractivity contribution in [3.8, 4) is 11.5 Å².